The fourth-order valence-electron chi connectivity index (χ4n) is 2.98. The molecule has 0 spiro atoms. The zero-order chi connectivity index (χ0) is 14.8. The smallest absolute Gasteiger partial charge is 0.239 e. The van der Waals surface area contributed by atoms with Crippen molar-refractivity contribution in [3.05, 3.63) is 35.9 Å². The molecule has 3 rings (SSSR count). The third kappa shape index (κ3) is 3.08. The summed E-state index contributed by atoms with van der Waals surface area (Å²) in [5.74, 6) is 0.214. The van der Waals surface area contributed by atoms with Gasteiger partial charge in [0.2, 0.25) is 11.8 Å². The van der Waals surface area contributed by atoms with Crippen LogP contribution >= 0.6 is 0 Å². The Balaban J connectivity index is 1.66. The van der Waals surface area contributed by atoms with E-state index in [4.69, 9.17) is 5.73 Å². The van der Waals surface area contributed by atoms with Crippen LogP contribution in [0.2, 0.25) is 0 Å². The maximum Gasteiger partial charge on any atom is 0.239 e. The SMILES string of the molecule is NC(=O)[C@@H](c1ccccc1)N1CCN(C(=O)C2CC2)CC1. The number of hydrogen-bond donors (Lipinski definition) is 1. The molecule has 2 amide bonds. The molecule has 5 nitrogen and oxygen atoms in total. The third-order valence-electron chi connectivity index (χ3n) is 4.30. The molecule has 2 aliphatic rings. The van der Waals surface area contributed by atoms with E-state index in [1.165, 1.54) is 0 Å². The van der Waals surface area contributed by atoms with Crippen LogP contribution in [0.25, 0.3) is 0 Å². The van der Waals surface area contributed by atoms with E-state index in [-0.39, 0.29) is 17.7 Å². The van der Waals surface area contributed by atoms with Crippen LogP contribution in [0.1, 0.15) is 24.4 Å². The molecule has 21 heavy (non-hydrogen) atoms. The first-order chi connectivity index (χ1) is 10.2. The minimum atomic E-state index is -0.399. The molecular weight excluding hydrogens is 266 g/mol. The molecule has 112 valence electrons. The Morgan fingerprint density at radius 1 is 1.05 bits per heavy atom. The van der Waals surface area contributed by atoms with E-state index in [1.54, 1.807) is 0 Å². The first-order valence-corrected chi connectivity index (χ1v) is 7.54. The third-order valence-corrected chi connectivity index (χ3v) is 4.30. The Kier molecular flexibility index (Phi) is 3.92. The molecule has 5 heteroatoms. The fraction of sp³-hybridized carbons (Fsp3) is 0.500. The van der Waals surface area contributed by atoms with Gasteiger partial charge in [-0.1, -0.05) is 30.3 Å². The molecule has 1 atom stereocenters. The van der Waals surface area contributed by atoms with Crippen molar-refractivity contribution in [2.24, 2.45) is 11.7 Å². The van der Waals surface area contributed by atoms with Gasteiger partial charge in [-0.25, -0.2) is 0 Å². The Hall–Kier alpha value is -1.88. The number of primary amides is 1. The zero-order valence-electron chi connectivity index (χ0n) is 12.1. The van der Waals surface area contributed by atoms with Crippen LogP contribution in [0, 0.1) is 5.92 Å². The lowest BCUT2D eigenvalue weighted by molar-refractivity contribution is -0.135. The minimum Gasteiger partial charge on any atom is -0.368 e. The highest BCUT2D eigenvalue weighted by atomic mass is 16.2. The lowest BCUT2D eigenvalue weighted by Gasteiger charge is -2.38. The Labute approximate surface area is 124 Å². The molecule has 2 fully saturated rings. The van der Waals surface area contributed by atoms with Gasteiger partial charge in [0.05, 0.1) is 0 Å². The fourth-order valence-corrected chi connectivity index (χ4v) is 2.98. The van der Waals surface area contributed by atoms with Crippen LogP contribution in [0.15, 0.2) is 30.3 Å². The number of amides is 2. The molecule has 2 N–H and O–H groups in total. The molecule has 1 heterocycles. The van der Waals surface area contributed by atoms with Crippen molar-refractivity contribution in [1.82, 2.24) is 9.80 Å². The van der Waals surface area contributed by atoms with Crippen molar-refractivity contribution >= 4 is 11.8 Å². The normalized spacial score (nSPS) is 21.0. The average molecular weight is 287 g/mol. The van der Waals surface area contributed by atoms with Crippen molar-refractivity contribution in [1.29, 1.82) is 0 Å². The van der Waals surface area contributed by atoms with Gasteiger partial charge in [0, 0.05) is 32.1 Å². The summed E-state index contributed by atoms with van der Waals surface area (Å²) < 4.78 is 0. The number of rotatable bonds is 4. The maximum absolute atomic E-state index is 12.1. The summed E-state index contributed by atoms with van der Waals surface area (Å²) >= 11 is 0. The average Bonchev–Trinajstić information content (AvgIpc) is 3.33. The molecular formula is C16H21N3O2. The molecule has 1 saturated heterocycles. The van der Waals surface area contributed by atoms with E-state index in [2.05, 4.69) is 4.90 Å². The summed E-state index contributed by atoms with van der Waals surface area (Å²) in [4.78, 5) is 27.9. The van der Waals surface area contributed by atoms with Gasteiger partial charge in [0.1, 0.15) is 6.04 Å². The predicted octanol–water partition coefficient (Wildman–Crippen LogP) is 0.767. The molecule has 1 saturated carbocycles. The van der Waals surface area contributed by atoms with E-state index >= 15 is 0 Å². The highest BCUT2D eigenvalue weighted by Crippen LogP contribution is 2.31. The van der Waals surface area contributed by atoms with Crippen LogP contribution in [0.3, 0.4) is 0 Å². The summed E-state index contributed by atoms with van der Waals surface area (Å²) in [6, 6.07) is 9.21. The highest BCUT2D eigenvalue weighted by Gasteiger charge is 2.36. The summed E-state index contributed by atoms with van der Waals surface area (Å²) in [5.41, 5.74) is 6.51. The van der Waals surface area contributed by atoms with Crippen LogP contribution in [-0.4, -0.2) is 47.8 Å². The van der Waals surface area contributed by atoms with Gasteiger partial charge < -0.3 is 10.6 Å². The first-order valence-electron chi connectivity index (χ1n) is 7.54. The molecule has 0 aromatic heterocycles. The number of piperazine rings is 1. The molecule has 0 bridgehead atoms. The molecule has 1 aliphatic carbocycles. The second kappa shape index (κ2) is 5.85. The summed E-state index contributed by atoms with van der Waals surface area (Å²) in [6.07, 6.45) is 2.07. The minimum absolute atomic E-state index is 0.262. The number of carbonyl (C=O) groups is 2. The van der Waals surface area contributed by atoms with Gasteiger partial charge >= 0.3 is 0 Å². The van der Waals surface area contributed by atoms with E-state index in [9.17, 15) is 9.59 Å². The van der Waals surface area contributed by atoms with Gasteiger partial charge in [0.15, 0.2) is 0 Å². The monoisotopic (exact) mass is 287 g/mol. The largest absolute Gasteiger partial charge is 0.368 e. The Morgan fingerprint density at radius 3 is 2.19 bits per heavy atom. The van der Waals surface area contributed by atoms with E-state index in [0.717, 1.165) is 18.4 Å². The van der Waals surface area contributed by atoms with E-state index < -0.39 is 6.04 Å². The van der Waals surface area contributed by atoms with Gasteiger partial charge in [-0.3, -0.25) is 14.5 Å². The Bertz CT molecular complexity index is 520. The molecule has 1 aromatic rings. The van der Waals surface area contributed by atoms with E-state index in [0.29, 0.717) is 26.2 Å². The molecule has 0 unspecified atom stereocenters. The van der Waals surface area contributed by atoms with Crippen LogP contribution < -0.4 is 5.73 Å². The second-order valence-corrected chi connectivity index (χ2v) is 5.85. The zero-order valence-corrected chi connectivity index (χ0v) is 12.1. The van der Waals surface area contributed by atoms with Crippen LogP contribution in [-0.2, 0) is 9.59 Å². The van der Waals surface area contributed by atoms with Crippen LogP contribution in [0.5, 0.6) is 0 Å². The lowest BCUT2D eigenvalue weighted by Crippen LogP contribution is -2.52. The number of nitrogens with two attached hydrogens (primary N) is 1. The first kappa shape index (κ1) is 14.1. The number of nitrogens with zero attached hydrogens (tertiary/aromatic N) is 2. The van der Waals surface area contributed by atoms with Gasteiger partial charge in [-0.2, -0.15) is 0 Å². The number of hydrogen-bond acceptors (Lipinski definition) is 3. The van der Waals surface area contributed by atoms with Gasteiger partial charge in [-0.05, 0) is 18.4 Å². The van der Waals surface area contributed by atoms with Crippen molar-refractivity contribution < 1.29 is 9.59 Å². The highest BCUT2D eigenvalue weighted by molar-refractivity contribution is 5.82. The van der Waals surface area contributed by atoms with Crippen molar-refractivity contribution in [2.75, 3.05) is 26.2 Å². The van der Waals surface area contributed by atoms with Crippen LogP contribution in [0.4, 0.5) is 0 Å². The topological polar surface area (TPSA) is 66.6 Å². The lowest BCUT2D eigenvalue weighted by atomic mass is 10.0. The maximum atomic E-state index is 12.1. The number of benzene rings is 1. The molecule has 0 radical (unpaired) electrons. The van der Waals surface area contributed by atoms with E-state index in [1.807, 2.05) is 35.2 Å². The summed E-state index contributed by atoms with van der Waals surface area (Å²) in [7, 11) is 0. The van der Waals surface area contributed by atoms with Crippen molar-refractivity contribution in [3.63, 3.8) is 0 Å². The molecule has 1 aromatic carbocycles. The second-order valence-electron chi connectivity index (χ2n) is 5.85. The number of carbonyl (C=O) groups excluding carboxylic acids is 2. The summed E-state index contributed by atoms with van der Waals surface area (Å²) in [5, 5.41) is 0. The van der Waals surface area contributed by atoms with Crippen molar-refractivity contribution in [2.45, 2.75) is 18.9 Å². The predicted molar refractivity (Wildman–Crippen MR) is 79.3 cm³/mol. The Morgan fingerprint density at radius 2 is 1.67 bits per heavy atom. The van der Waals surface area contributed by atoms with Crippen molar-refractivity contribution in [3.8, 4) is 0 Å². The summed E-state index contributed by atoms with van der Waals surface area (Å²) in [6.45, 7) is 2.76. The van der Waals surface area contributed by atoms with Gasteiger partial charge in [-0.15, -0.1) is 0 Å². The quantitative estimate of drug-likeness (QED) is 0.889. The van der Waals surface area contributed by atoms with Gasteiger partial charge in [0.25, 0.3) is 0 Å². The standard InChI is InChI=1S/C16H21N3O2/c17-15(20)14(12-4-2-1-3-5-12)18-8-10-19(11-9-18)16(21)13-6-7-13/h1-5,13-14H,6-11H2,(H2,17,20)/t14-/m1/s1. The molecule has 1 aliphatic heterocycles.